The van der Waals surface area contributed by atoms with E-state index in [0.29, 0.717) is 41.5 Å². The third kappa shape index (κ3) is 4.26. The quantitative estimate of drug-likeness (QED) is 0.450. The largest absolute Gasteiger partial charge is 0.486 e. The topological polar surface area (TPSA) is 105 Å². The van der Waals surface area contributed by atoms with Crippen molar-refractivity contribution in [2.24, 2.45) is 0 Å². The Morgan fingerprint density at radius 1 is 0.917 bits per heavy atom. The van der Waals surface area contributed by atoms with E-state index in [1.807, 2.05) is 0 Å². The molecule has 5 rings (SSSR count). The number of fused-ring (bicyclic) bond motifs is 1. The minimum Gasteiger partial charge on any atom is -0.486 e. The summed E-state index contributed by atoms with van der Waals surface area (Å²) in [5.74, 6) is -1.35. The van der Waals surface area contributed by atoms with Gasteiger partial charge in [-0.3, -0.25) is 24.6 Å². The molecule has 1 saturated heterocycles. The van der Waals surface area contributed by atoms with Crippen molar-refractivity contribution >= 4 is 29.3 Å². The molecule has 2 aliphatic rings. The molecule has 2 heterocycles. The molecule has 182 valence electrons. The summed E-state index contributed by atoms with van der Waals surface area (Å²) in [5.41, 5.74) is 4.21. The zero-order valence-electron chi connectivity index (χ0n) is 19.5. The molecule has 0 bridgehead atoms. The second-order valence-electron chi connectivity index (χ2n) is 8.41. The van der Waals surface area contributed by atoms with Gasteiger partial charge in [0.2, 0.25) is 5.91 Å². The number of aryl methyl sites for hydroxylation is 1. The number of anilines is 1. The van der Waals surface area contributed by atoms with E-state index in [9.17, 15) is 19.2 Å². The van der Waals surface area contributed by atoms with Crippen LogP contribution in [0.1, 0.15) is 32.7 Å². The standard InChI is InChI=1S/C27H23N3O6/c1-17-7-5-6-10-20(17)25(32)28-30(26(33)18-8-3-2-4-9-18)21-16-24(31)29(27(21)34)19-11-12-22-23(15-19)36-14-13-35-22/h2-12,15,21H,13-14,16H2,1H3,(H,28,32). The van der Waals surface area contributed by atoms with E-state index in [1.54, 1.807) is 79.7 Å². The Morgan fingerprint density at radius 2 is 1.61 bits per heavy atom. The molecule has 36 heavy (non-hydrogen) atoms. The molecule has 0 aliphatic carbocycles. The highest BCUT2D eigenvalue weighted by molar-refractivity contribution is 6.23. The molecule has 0 spiro atoms. The summed E-state index contributed by atoms with van der Waals surface area (Å²) in [6.45, 7) is 2.53. The number of ether oxygens (including phenoxy) is 2. The second-order valence-corrected chi connectivity index (χ2v) is 8.41. The number of carbonyl (C=O) groups is 4. The zero-order valence-corrected chi connectivity index (χ0v) is 19.5. The number of hydrogen-bond acceptors (Lipinski definition) is 6. The predicted molar refractivity (Wildman–Crippen MR) is 130 cm³/mol. The van der Waals surface area contributed by atoms with E-state index in [4.69, 9.17) is 9.47 Å². The summed E-state index contributed by atoms with van der Waals surface area (Å²) in [6, 6.07) is 18.7. The van der Waals surface area contributed by atoms with Crippen LogP contribution >= 0.6 is 0 Å². The Morgan fingerprint density at radius 3 is 2.36 bits per heavy atom. The highest BCUT2D eigenvalue weighted by Gasteiger charge is 2.46. The van der Waals surface area contributed by atoms with Crippen molar-refractivity contribution in [3.05, 3.63) is 89.5 Å². The molecule has 1 N–H and O–H groups in total. The normalized spacial score (nSPS) is 16.6. The summed E-state index contributed by atoms with van der Waals surface area (Å²) in [4.78, 5) is 54.1. The maximum atomic E-state index is 13.5. The number of hydrogen-bond donors (Lipinski definition) is 1. The van der Waals surface area contributed by atoms with Crippen molar-refractivity contribution in [3.63, 3.8) is 0 Å². The third-order valence-corrected chi connectivity index (χ3v) is 6.07. The van der Waals surface area contributed by atoms with Crippen LogP contribution in [0.4, 0.5) is 5.69 Å². The zero-order chi connectivity index (χ0) is 25.2. The summed E-state index contributed by atoms with van der Waals surface area (Å²) in [7, 11) is 0. The van der Waals surface area contributed by atoms with Crippen molar-refractivity contribution in [3.8, 4) is 11.5 Å². The van der Waals surface area contributed by atoms with Crippen molar-refractivity contribution in [1.82, 2.24) is 10.4 Å². The van der Waals surface area contributed by atoms with Crippen LogP contribution in [0, 0.1) is 6.92 Å². The Labute approximate surface area is 207 Å². The number of imide groups is 1. The Bertz CT molecular complexity index is 1360. The van der Waals surface area contributed by atoms with Crippen LogP contribution in [0.5, 0.6) is 11.5 Å². The molecule has 9 nitrogen and oxygen atoms in total. The van der Waals surface area contributed by atoms with Crippen molar-refractivity contribution in [1.29, 1.82) is 0 Å². The lowest BCUT2D eigenvalue weighted by Gasteiger charge is -2.28. The number of amides is 4. The smallest absolute Gasteiger partial charge is 0.273 e. The average molecular weight is 485 g/mol. The van der Waals surface area contributed by atoms with Crippen molar-refractivity contribution in [2.45, 2.75) is 19.4 Å². The van der Waals surface area contributed by atoms with Gasteiger partial charge in [-0.25, -0.2) is 9.91 Å². The SMILES string of the molecule is Cc1ccccc1C(=O)NN(C(=O)c1ccccc1)C1CC(=O)N(c2ccc3c(c2)OCCO3)C1=O. The van der Waals surface area contributed by atoms with Crippen molar-refractivity contribution in [2.75, 3.05) is 18.1 Å². The fourth-order valence-electron chi connectivity index (χ4n) is 4.25. The Kier molecular flexibility index (Phi) is 6.12. The van der Waals surface area contributed by atoms with E-state index in [2.05, 4.69) is 5.43 Å². The fraction of sp³-hybridized carbons (Fsp3) is 0.185. The van der Waals surface area contributed by atoms with Gasteiger partial charge in [-0.15, -0.1) is 0 Å². The van der Waals surface area contributed by atoms with Crippen LogP contribution in [-0.4, -0.2) is 47.9 Å². The van der Waals surface area contributed by atoms with Gasteiger partial charge in [0.05, 0.1) is 12.1 Å². The first-order valence-electron chi connectivity index (χ1n) is 11.5. The van der Waals surface area contributed by atoms with Crippen LogP contribution in [0.15, 0.2) is 72.8 Å². The van der Waals surface area contributed by atoms with E-state index in [0.717, 1.165) is 9.91 Å². The summed E-state index contributed by atoms with van der Waals surface area (Å²) < 4.78 is 11.1. The molecule has 1 atom stereocenters. The molecule has 1 unspecified atom stereocenters. The van der Waals surface area contributed by atoms with Gasteiger partial charge in [0, 0.05) is 17.2 Å². The van der Waals surface area contributed by atoms with Crippen LogP contribution in [0.3, 0.4) is 0 Å². The first-order valence-corrected chi connectivity index (χ1v) is 11.5. The van der Waals surface area contributed by atoms with E-state index in [-0.39, 0.29) is 12.0 Å². The van der Waals surface area contributed by atoms with Crippen molar-refractivity contribution < 1.29 is 28.7 Å². The number of nitrogens with zero attached hydrogens (tertiary/aromatic N) is 2. The van der Waals surface area contributed by atoms with E-state index >= 15 is 0 Å². The summed E-state index contributed by atoms with van der Waals surface area (Å²) >= 11 is 0. The highest BCUT2D eigenvalue weighted by Crippen LogP contribution is 2.36. The Balaban J connectivity index is 1.47. The molecule has 3 aromatic rings. The van der Waals surface area contributed by atoms with Crippen LogP contribution in [-0.2, 0) is 9.59 Å². The number of benzene rings is 3. The number of hydrazine groups is 1. The molecule has 0 aromatic heterocycles. The number of carbonyl (C=O) groups excluding carboxylic acids is 4. The maximum absolute atomic E-state index is 13.5. The molecule has 1 fully saturated rings. The lowest BCUT2D eigenvalue weighted by atomic mass is 10.1. The van der Waals surface area contributed by atoms with Crippen LogP contribution in [0.2, 0.25) is 0 Å². The van der Waals surface area contributed by atoms with E-state index < -0.39 is 29.7 Å². The predicted octanol–water partition coefficient (Wildman–Crippen LogP) is 2.89. The highest BCUT2D eigenvalue weighted by atomic mass is 16.6. The molecule has 0 saturated carbocycles. The second kappa shape index (κ2) is 9.53. The van der Waals surface area contributed by atoms with Gasteiger partial charge in [0.25, 0.3) is 17.7 Å². The number of nitrogens with one attached hydrogen (secondary N) is 1. The molecule has 9 heteroatoms. The van der Waals surface area contributed by atoms with Gasteiger partial charge in [0.1, 0.15) is 19.3 Å². The van der Waals surface area contributed by atoms with Crippen LogP contribution in [0.25, 0.3) is 0 Å². The van der Waals surface area contributed by atoms with Gasteiger partial charge in [-0.1, -0.05) is 36.4 Å². The first-order chi connectivity index (χ1) is 17.4. The first kappa shape index (κ1) is 23.1. The summed E-state index contributed by atoms with van der Waals surface area (Å²) in [6.07, 6.45) is -0.292. The average Bonchev–Trinajstić information content (AvgIpc) is 3.20. The van der Waals surface area contributed by atoms with Gasteiger partial charge in [0.15, 0.2) is 11.5 Å². The monoisotopic (exact) mass is 485 g/mol. The maximum Gasteiger partial charge on any atom is 0.273 e. The van der Waals surface area contributed by atoms with Crippen LogP contribution < -0.4 is 19.8 Å². The summed E-state index contributed by atoms with van der Waals surface area (Å²) in [5, 5.41) is 0.961. The minimum absolute atomic E-state index is 0.264. The molecular formula is C27H23N3O6. The third-order valence-electron chi connectivity index (χ3n) is 6.07. The molecule has 0 radical (unpaired) electrons. The molecule has 4 amide bonds. The number of rotatable bonds is 4. The minimum atomic E-state index is -1.23. The lowest BCUT2D eigenvalue weighted by molar-refractivity contribution is -0.122. The van der Waals surface area contributed by atoms with E-state index in [1.165, 1.54) is 0 Å². The molecular weight excluding hydrogens is 462 g/mol. The molecule has 3 aromatic carbocycles. The van der Waals surface area contributed by atoms with Gasteiger partial charge in [-0.2, -0.15) is 0 Å². The lowest BCUT2D eigenvalue weighted by Crippen LogP contribution is -2.54. The molecule has 2 aliphatic heterocycles. The van der Waals surface area contributed by atoms with Gasteiger partial charge < -0.3 is 9.47 Å². The van der Waals surface area contributed by atoms with Gasteiger partial charge >= 0.3 is 0 Å². The van der Waals surface area contributed by atoms with Gasteiger partial charge in [-0.05, 0) is 42.8 Å². The Hall–Kier alpha value is -4.66. The fourth-order valence-corrected chi connectivity index (χ4v) is 4.25.